The van der Waals surface area contributed by atoms with E-state index in [0.29, 0.717) is 25.0 Å². The lowest BCUT2D eigenvalue weighted by molar-refractivity contribution is -0.127. The monoisotopic (exact) mass is 260 g/mol. The molecule has 0 spiro atoms. The fourth-order valence-corrected chi connectivity index (χ4v) is 2.34. The van der Waals surface area contributed by atoms with Crippen LogP contribution in [0.15, 0.2) is 36.2 Å². The number of ketones is 2. The van der Waals surface area contributed by atoms with Crippen molar-refractivity contribution < 1.29 is 9.59 Å². The van der Waals surface area contributed by atoms with Crippen LogP contribution in [0.1, 0.15) is 26.7 Å². The van der Waals surface area contributed by atoms with E-state index in [1.807, 2.05) is 38.3 Å². The summed E-state index contributed by atoms with van der Waals surface area (Å²) >= 11 is 0. The summed E-state index contributed by atoms with van der Waals surface area (Å²) in [5, 5.41) is 6.23. The van der Waals surface area contributed by atoms with Crippen LogP contribution in [-0.4, -0.2) is 24.2 Å². The van der Waals surface area contributed by atoms with E-state index in [-0.39, 0.29) is 23.0 Å². The third kappa shape index (κ3) is 3.56. The average Bonchev–Trinajstić information content (AvgIpc) is 2.32. The lowest BCUT2D eigenvalue weighted by Gasteiger charge is -2.28. The molecule has 0 amide bonds. The molecule has 1 aliphatic heterocycles. The van der Waals surface area contributed by atoms with Crippen LogP contribution >= 0.6 is 0 Å². The van der Waals surface area contributed by atoms with Gasteiger partial charge < -0.3 is 10.6 Å². The molecule has 0 aromatic carbocycles. The molecule has 102 valence electrons. The quantitative estimate of drug-likeness (QED) is 0.596. The van der Waals surface area contributed by atoms with Gasteiger partial charge in [0.2, 0.25) is 0 Å². The van der Waals surface area contributed by atoms with Gasteiger partial charge in [0.25, 0.3) is 0 Å². The van der Waals surface area contributed by atoms with Gasteiger partial charge in [0.15, 0.2) is 11.6 Å². The van der Waals surface area contributed by atoms with Crippen molar-refractivity contribution in [2.24, 2.45) is 5.41 Å². The van der Waals surface area contributed by atoms with Crippen LogP contribution < -0.4 is 10.6 Å². The Bertz CT molecular complexity index is 451. The predicted molar refractivity (Wildman–Crippen MR) is 74.3 cm³/mol. The summed E-state index contributed by atoms with van der Waals surface area (Å²) in [6.45, 7) is 4.56. The fraction of sp³-hybridized carbons (Fsp3) is 0.467. The Hall–Kier alpha value is -1.84. The molecule has 2 N–H and O–H groups in total. The van der Waals surface area contributed by atoms with Crippen molar-refractivity contribution in [3.8, 4) is 0 Å². The highest BCUT2D eigenvalue weighted by Crippen LogP contribution is 2.33. The number of allylic oxidation sites excluding steroid dienone is 3. The molecule has 1 saturated carbocycles. The molecule has 0 radical (unpaired) electrons. The van der Waals surface area contributed by atoms with Crippen molar-refractivity contribution >= 4 is 11.6 Å². The van der Waals surface area contributed by atoms with Crippen molar-refractivity contribution in [1.29, 1.82) is 0 Å². The Kier molecular flexibility index (Phi) is 3.88. The van der Waals surface area contributed by atoms with E-state index in [4.69, 9.17) is 0 Å². The van der Waals surface area contributed by atoms with E-state index in [0.717, 1.165) is 0 Å². The molecule has 0 aromatic heterocycles. The molecule has 4 heteroatoms. The largest absolute Gasteiger partial charge is 0.388 e. The van der Waals surface area contributed by atoms with E-state index in [1.165, 1.54) is 0 Å². The highest BCUT2D eigenvalue weighted by atomic mass is 16.1. The van der Waals surface area contributed by atoms with Gasteiger partial charge in [-0.3, -0.25) is 9.59 Å². The standard InChI is InChI=1S/C15H20N2O2/c1-15(2)7-13(18)12(14(19)8-15)10-16-9-11-5-3-4-6-17-11/h3-6,10-11,16-17H,7-9H2,1-2H3. The first kappa shape index (κ1) is 13.6. The van der Waals surface area contributed by atoms with E-state index >= 15 is 0 Å². The maximum atomic E-state index is 11.9. The molecule has 1 aliphatic carbocycles. The lowest BCUT2D eigenvalue weighted by Crippen LogP contribution is -2.35. The minimum atomic E-state index is -0.204. The van der Waals surface area contributed by atoms with Gasteiger partial charge in [-0.05, 0) is 17.7 Å². The molecule has 19 heavy (non-hydrogen) atoms. The zero-order valence-corrected chi connectivity index (χ0v) is 11.4. The molecule has 1 unspecified atom stereocenters. The molecule has 0 saturated heterocycles. The second-order valence-corrected chi connectivity index (χ2v) is 5.85. The van der Waals surface area contributed by atoms with E-state index in [9.17, 15) is 9.59 Å². The number of Topliss-reactive ketones (excluding diaryl/α,β-unsaturated/α-hetero) is 2. The zero-order chi connectivity index (χ0) is 13.9. The molecule has 2 aliphatic rings. The summed E-state index contributed by atoms with van der Waals surface area (Å²) in [7, 11) is 0. The Morgan fingerprint density at radius 3 is 2.58 bits per heavy atom. The third-order valence-electron chi connectivity index (χ3n) is 3.32. The van der Waals surface area contributed by atoms with Crippen molar-refractivity contribution in [1.82, 2.24) is 10.6 Å². The number of carbonyl (C=O) groups is 2. The highest BCUT2D eigenvalue weighted by Gasteiger charge is 2.35. The maximum absolute atomic E-state index is 11.9. The van der Waals surface area contributed by atoms with E-state index < -0.39 is 0 Å². The van der Waals surface area contributed by atoms with Gasteiger partial charge >= 0.3 is 0 Å². The SMILES string of the molecule is CC1(C)CC(=O)C(=CNCC2C=CC=CN2)C(=O)C1. The smallest absolute Gasteiger partial charge is 0.168 e. The summed E-state index contributed by atoms with van der Waals surface area (Å²) in [6, 6.07) is 0.187. The zero-order valence-electron chi connectivity index (χ0n) is 11.4. The fourth-order valence-electron chi connectivity index (χ4n) is 2.34. The average molecular weight is 260 g/mol. The Balaban J connectivity index is 1.92. The van der Waals surface area contributed by atoms with Gasteiger partial charge in [0.1, 0.15) is 0 Å². The Morgan fingerprint density at radius 1 is 1.32 bits per heavy atom. The summed E-state index contributed by atoms with van der Waals surface area (Å²) in [4.78, 5) is 23.9. The van der Waals surface area contributed by atoms with Gasteiger partial charge in [-0.2, -0.15) is 0 Å². The van der Waals surface area contributed by atoms with Gasteiger partial charge in [-0.15, -0.1) is 0 Å². The second kappa shape index (κ2) is 5.43. The van der Waals surface area contributed by atoms with Gasteiger partial charge in [-0.25, -0.2) is 0 Å². The topological polar surface area (TPSA) is 58.2 Å². The van der Waals surface area contributed by atoms with Crippen LogP contribution in [0.3, 0.4) is 0 Å². The minimum absolute atomic E-state index is 0.0548. The molecule has 0 aromatic rings. The normalized spacial score (nSPS) is 25.2. The van der Waals surface area contributed by atoms with Gasteiger partial charge in [0, 0.05) is 25.6 Å². The van der Waals surface area contributed by atoms with Crippen LogP contribution in [0.4, 0.5) is 0 Å². The molecule has 0 bridgehead atoms. The van der Waals surface area contributed by atoms with Crippen LogP contribution in [0, 0.1) is 5.41 Å². The maximum Gasteiger partial charge on any atom is 0.168 e. The second-order valence-electron chi connectivity index (χ2n) is 5.85. The molecule has 1 fully saturated rings. The van der Waals surface area contributed by atoms with Crippen molar-refractivity contribution in [2.45, 2.75) is 32.7 Å². The number of nitrogens with one attached hydrogen (secondary N) is 2. The van der Waals surface area contributed by atoms with Crippen LogP contribution in [-0.2, 0) is 9.59 Å². The third-order valence-corrected chi connectivity index (χ3v) is 3.32. The number of rotatable bonds is 3. The van der Waals surface area contributed by atoms with Crippen molar-refractivity contribution in [3.05, 3.63) is 36.2 Å². The summed E-state index contributed by atoms with van der Waals surface area (Å²) in [5.41, 5.74) is 0.110. The first-order chi connectivity index (χ1) is 8.98. The van der Waals surface area contributed by atoms with Crippen LogP contribution in [0.5, 0.6) is 0 Å². The van der Waals surface area contributed by atoms with Crippen molar-refractivity contribution in [2.75, 3.05) is 6.54 Å². The molecular weight excluding hydrogens is 240 g/mol. The summed E-state index contributed by atoms with van der Waals surface area (Å²) in [5.74, 6) is -0.110. The Morgan fingerprint density at radius 2 is 2.00 bits per heavy atom. The number of hydrogen-bond acceptors (Lipinski definition) is 4. The first-order valence-corrected chi connectivity index (χ1v) is 6.57. The molecule has 2 rings (SSSR count). The Labute approximate surface area is 113 Å². The van der Waals surface area contributed by atoms with Crippen molar-refractivity contribution in [3.63, 3.8) is 0 Å². The number of dihydropyridines is 1. The van der Waals surface area contributed by atoms with E-state index in [2.05, 4.69) is 10.6 Å². The van der Waals surface area contributed by atoms with Gasteiger partial charge in [-0.1, -0.05) is 26.0 Å². The summed E-state index contributed by atoms with van der Waals surface area (Å²) in [6.07, 6.45) is 10.2. The first-order valence-electron chi connectivity index (χ1n) is 6.57. The molecular formula is C15H20N2O2. The van der Waals surface area contributed by atoms with Gasteiger partial charge in [0.05, 0.1) is 11.6 Å². The lowest BCUT2D eigenvalue weighted by atomic mass is 9.74. The predicted octanol–water partition coefficient (Wildman–Crippen LogP) is 1.46. The van der Waals surface area contributed by atoms with Crippen LogP contribution in [0.25, 0.3) is 0 Å². The highest BCUT2D eigenvalue weighted by molar-refractivity contribution is 6.22. The molecule has 1 heterocycles. The molecule has 4 nitrogen and oxygen atoms in total. The van der Waals surface area contributed by atoms with E-state index in [1.54, 1.807) is 6.20 Å². The van der Waals surface area contributed by atoms with Crippen LogP contribution in [0.2, 0.25) is 0 Å². The number of carbonyl (C=O) groups excluding carboxylic acids is 2. The number of hydrogen-bond donors (Lipinski definition) is 2. The molecule has 1 atom stereocenters. The summed E-state index contributed by atoms with van der Waals surface area (Å²) < 4.78 is 0. The minimum Gasteiger partial charge on any atom is -0.388 e.